The van der Waals surface area contributed by atoms with Gasteiger partial charge in [-0.3, -0.25) is 4.79 Å². The van der Waals surface area contributed by atoms with Crippen molar-refractivity contribution in [3.8, 4) is 11.5 Å². The van der Waals surface area contributed by atoms with Gasteiger partial charge in [-0.15, -0.1) is 5.10 Å². The van der Waals surface area contributed by atoms with Crippen molar-refractivity contribution in [1.82, 2.24) is 5.32 Å². The number of amides is 1. The summed E-state index contributed by atoms with van der Waals surface area (Å²) in [6, 6.07) is 13.2. The van der Waals surface area contributed by atoms with Crippen LogP contribution in [0.15, 0.2) is 52.7 Å². The summed E-state index contributed by atoms with van der Waals surface area (Å²) in [5.74, 6) is 0.374. The van der Waals surface area contributed by atoms with Gasteiger partial charge in [0.15, 0.2) is 16.7 Å². The Morgan fingerprint density at radius 3 is 2.67 bits per heavy atom. The molecule has 0 saturated carbocycles. The van der Waals surface area contributed by atoms with Crippen molar-refractivity contribution in [3.05, 3.63) is 59.2 Å². The Morgan fingerprint density at radius 1 is 1.22 bits per heavy atom. The average molecular weight is 383 g/mol. The molecule has 1 unspecified atom stereocenters. The lowest BCUT2D eigenvalue weighted by molar-refractivity contribution is -0.118. The molecule has 2 aromatic rings. The smallest absolute Gasteiger partial charge is 0.239 e. The SMILES string of the molecule is CCc1ccc(CC2S/C(=N/N=C/c3ccc(O)c(OC)c3)NC2=O)cc1. The van der Waals surface area contributed by atoms with Crippen molar-refractivity contribution in [3.63, 3.8) is 0 Å². The summed E-state index contributed by atoms with van der Waals surface area (Å²) in [5.41, 5.74) is 3.14. The number of aromatic hydroxyl groups is 1. The van der Waals surface area contributed by atoms with E-state index in [2.05, 4.69) is 46.7 Å². The monoisotopic (exact) mass is 383 g/mol. The summed E-state index contributed by atoms with van der Waals surface area (Å²) in [5, 5.41) is 20.7. The van der Waals surface area contributed by atoms with E-state index in [0.29, 0.717) is 17.3 Å². The van der Waals surface area contributed by atoms with Crippen LogP contribution in [0.2, 0.25) is 0 Å². The van der Waals surface area contributed by atoms with E-state index in [4.69, 9.17) is 4.74 Å². The number of amidine groups is 1. The lowest BCUT2D eigenvalue weighted by Crippen LogP contribution is -2.25. The Labute approximate surface area is 162 Å². The average Bonchev–Trinajstić information content (AvgIpc) is 3.03. The fourth-order valence-corrected chi connectivity index (χ4v) is 3.60. The molecule has 2 N–H and O–H groups in total. The molecule has 0 aliphatic carbocycles. The molecule has 0 bridgehead atoms. The van der Waals surface area contributed by atoms with E-state index in [9.17, 15) is 9.90 Å². The summed E-state index contributed by atoms with van der Waals surface area (Å²) < 4.78 is 5.06. The molecule has 7 heteroatoms. The molecule has 27 heavy (non-hydrogen) atoms. The van der Waals surface area contributed by atoms with Gasteiger partial charge in [0.05, 0.1) is 18.6 Å². The van der Waals surface area contributed by atoms with Gasteiger partial charge < -0.3 is 15.2 Å². The Bertz CT molecular complexity index is 879. The highest BCUT2D eigenvalue weighted by Crippen LogP contribution is 2.26. The zero-order chi connectivity index (χ0) is 19.2. The molecule has 3 rings (SSSR count). The number of thioether (sulfide) groups is 1. The number of phenolic OH excluding ortho intramolecular Hbond substituents is 1. The maximum absolute atomic E-state index is 12.2. The minimum Gasteiger partial charge on any atom is -0.504 e. The summed E-state index contributed by atoms with van der Waals surface area (Å²) in [6.07, 6.45) is 3.19. The van der Waals surface area contributed by atoms with Crippen LogP contribution in [0.25, 0.3) is 0 Å². The van der Waals surface area contributed by atoms with Gasteiger partial charge in [-0.25, -0.2) is 0 Å². The third-order valence-corrected chi connectivity index (χ3v) is 5.26. The highest BCUT2D eigenvalue weighted by molar-refractivity contribution is 8.15. The second-order valence-corrected chi connectivity index (χ2v) is 7.24. The number of methoxy groups -OCH3 is 1. The number of benzene rings is 2. The number of hydrogen-bond donors (Lipinski definition) is 2. The minimum atomic E-state index is -0.208. The molecule has 0 aromatic heterocycles. The zero-order valence-corrected chi connectivity index (χ0v) is 16.0. The molecule has 1 aliphatic rings. The van der Waals surface area contributed by atoms with Gasteiger partial charge in [0.25, 0.3) is 0 Å². The number of nitrogens with one attached hydrogen (secondary N) is 1. The molecule has 2 aromatic carbocycles. The number of aryl methyl sites for hydroxylation is 1. The van der Waals surface area contributed by atoms with Gasteiger partial charge >= 0.3 is 0 Å². The van der Waals surface area contributed by atoms with Crippen LogP contribution in [-0.2, 0) is 17.6 Å². The summed E-state index contributed by atoms with van der Waals surface area (Å²) in [7, 11) is 1.48. The minimum absolute atomic E-state index is 0.0557. The number of hydrogen-bond acceptors (Lipinski definition) is 6. The van der Waals surface area contributed by atoms with Crippen LogP contribution in [0.5, 0.6) is 11.5 Å². The van der Waals surface area contributed by atoms with Crippen LogP contribution < -0.4 is 10.1 Å². The van der Waals surface area contributed by atoms with Gasteiger partial charge in [-0.1, -0.05) is 43.0 Å². The van der Waals surface area contributed by atoms with Crippen LogP contribution in [0.3, 0.4) is 0 Å². The Kier molecular flexibility index (Phi) is 6.13. The highest BCUT2D eigenvalue weighted by Gasteiger charge is 2.30. The van der Waals surface area contributed by atoms with E-state index in [1.54, 1.807) is 18.3 Å². The molecule has 0 radical (unpaired) electrons. The molecule has 1 saturated heterocycles. The van der Waals surface area contributed by atoms with Crippen LogP contribution >= 0.6 is 11.8 Å². The number of ether oxygens (including phenoxy) is 1. The lowest BCUT2D eigenvalue weighted by atomic mass is 10.1. The topological polar surface area (TPSA) is 83.3 Å². The van der Waals surface area contributed by atoms with Gasteiger partial charge in [-0.05, 0) is 47.7 Å². The maximum atomic E-state index is 12.2. The predicted molar refractivity (Wildman–Crippen MR) is 109 cm³/mol. The molecule has 0 spiro atoms. The van der Waals surface area contributed by atoms with Crippen molar-refractivity contribution in [2.45, 2.75) is 25.0 Å². The van der Waals surface area contributed by atoms with Crippen molar-refractivity contribution in [2.75, 3.05) is 7.11 Å². The number of carbonyl (C=O) groups is 1. The van der Waals surface area contributed by atoms with Gasteiger partial charge in [0.2, 0.25) is 5.91 Å². The number of phenols is 1. The molecule has 140 valence electrons. The largest absolute Gasteiger partial charge is 0.504 e. The molecule has 6 nitrogen and oxygen atoms in total. The summed E-state index contributed by atoms with van der Waals surface area (Å²) >= 11 is 1.38. The molecular weight excluding hydrogens is 362 g/mol. The van der Waals surface area contributed by atoms with Crippen LogP contribution in [0.4, 0.5) is 0 Å². The van der Waals surface area contributed by atoms with E-state index in [1.165, 1.54) is 30.5 Å². The normalized spacial score (nSPS) is 18.2. The number of carbonyl (C=O) groups excluding carboxylic acids is 1. The first-order valence-electron chi connectivity index (χ1n) is 8.62. The lowest BCUT2D eigenvalue weighted by Gasteiger charge is -2.06. The molecule has 1 fully saturated rings. The first kappa shape index (κ1) is 19.0. The van der Waals surface area contributed by atoms with Crippen LogP contribution in [0.1, 0.15) is 23.6 Å². The van der Waals surface area contributed by atoms with E-state index in [0.717, 1.165) is 17.5 Å². The highest BCUT2D eigenvalue weighted by atomic mass is 32.2. The molecule has 1 aliphatic heterocycles. The zero-order valence-electron chi connectivity index (χ0n) is 15.2. The summed E-state index contributed by atoms with van der Waals surface area (Å²) in [4.78, 5) is 12.2. The third-order valence-electron chi connectivity index (χ3n) is 4.19. The Balaban J connectivity index is 1.62. The molecular formula is C20H21N3O3S. The molecule has 1 amide bonds. The van der Waals surface area contributed by atoms with Crippen LogP contribution in [-0.4, -0.2) is 34.8 Å². The Morgan fingerprint density at radius 2 is 1.96 bits per heavy atom. The van der Waals surface area contributed by atoms with Crippen LogP contribution in [0, 0.1) is 0 Å². The van der Waals surface area contributed by atoms with Crippen molar-refractivity contribution in [1.29, 1.82) is 0 Å². The summed E-state index contributed by atoms with van der Waals surface area (Å²) in [6.45, 7) is 2.12. The number of nitrogens with zero attached hydrogens (tertiary/aromatic N) is 2. The van der Waals surface area contributed by atoms with Gasteiger partial charge in [0.1, 0.15) is 0 Å². The predicted octanol–water partition coefficient (Wildman–Crippen LogP) is 3.13. The van der Waals surface area contributed by atoms with E-state index < -0.39 is 0 Å². The first-order chi connectivity index (χ1) is 13.1. The number of rotatable bonds is 6. The standard InChI is InChI=1S/C20H21N3O3S/c1-3-13-4-6-14(7-5-13)11-18-19(25)22-20(27-18)23-21-12-15-8-9-16(24)17(10-15)26-2/h4-10,12,18,24H,3,11H2,1-2H3,(H,22,23,25)/b21-12+. The van der Waals surface area contributed by atoms with Crippen molar-refractivity contribution in [2.24, 2.45) is 10.2 Å². The fourth-order valence-electron chi connectivity index (χ4n) is 2.63. The van der Waals surface area contributed by atoms with E-state index >= 15 is 0 Å². The van der Waals surface area contributed by atoms with Crippen molar-refractivity contribution < 1.29 is 14.6 Å². The second-order valence-electron chi connectivity index (χ2n) is 6.05. The maximum Gasteiger partial charge on any atom is 0.239 e. The Hall–Kier alpha value is -2.80. The van der Waals surface area contributed by atoms with Gasteiger partial charge in [-0.2, -0.15) is 5.10 Å². The van der Waals surface area contributed by atoms with E-state index in [-0.39, 0.29) is 16.9 Å². The van der Waals surface area contributed by atoms with Crippen molar-refractivity contribution >= 4 is 29.1 Å². The van der Waals surface area contributed by atoms with Gasteiger partial charge in [0, 0.05) is 0 Å². The first-order valence-corrected chi connectivity index (χ1v) is 9.50. The quantitative estimate of drug-likeness (QED) is 0.593. The third kappa shape index (κ3) is 4.89. The second kappa shape index (κ2) is 8.73. The van der Waals surface area contributed by atoms with E-state index in [1.807, 2.05) is 0 Å². The molecule has 1 atom stereocenters. The molecule has 1 heterocycles. The fraction of sp³-hybridized carbons (Fsp3) is 0.250.